The summed E-state index contributed by atoms with van der Waals surface area (Å²) in [4.78, 5) is 15.9. The van der Waals surface area contributed by atoms with Crippen molar-refractivity contribution in [1.29, 1.82) is 0 Å². The number of aromatic nitrogens is 5. The molecular weight excluding hydrogens is 474 g/mol. The molecule has 38 heavy (non-hydrogen) atoms. The van der Waals surface area contributed by atoms with E-state index in [-0.39, 0.29) is 11.3 Å². The van der Waals surface area contributed by atoms with Crippen LogP contribution in [-0.4, -0.2) is 48.7 Å². The van der Waals surface area contributed by atoms with E-state index in [1.54, 1.807) is 10.9 Å². The van der Waals surface area contributed by atoms with Gasteiger partial charge in [-0.3, -0.25) is 14.4 Å². The standard InChI is InChI=1S/C30H37N7O/c1-20-9-10-23(15-28(20)37-19-27(33-34-37)26-17-31-35(6)21(26)2)29(38)32-25-14-22(18-36-11-7-8-12-36)13-24(16-25)30(3,4)5/h9-10,13-17,19H,7-8,11-12,18H2,1-6H3,(H,32,38). The molecule has 2 aromatic carbocycles. The number of benzene rings is 2. The Kier molecular flexibility index (Phi) is 6.92. The van der Waals surface area contributed by atoms with Crippen LogP contribution in [0.15, 0.2) is 48.8 Å². The van der Waals surface area contributed by atoms with Crippen LogP contribution in [0.2, 0.25) is 0 Å². The minimum absolute atomic E-state index is 0.0189. The molecule has 0 spiro atoms. The first kappa shape index (κ1) is 25.9. The summed E-state index contributed by atoms with van der Waals surface area (Å²) in [5.74, 6) is -0.145. The monoisotopic (exact) mass is 511 g/mol. The van der Waals surface area contributed by atoms with Crippen LogP contribution in [0.4, 0.5) is 5.69 Å². The highest BCUT2D eigenvalue weighted by molar-refractivity contribution is 6.04. The first-order chi connectivity index (χ1) is 18.1. The molecule has 5 rings (SSSR count). The molecule has 1 amide bonds. The van der Waals surface area contributed by atoms with E-state index in [0.717, 1.165) is 53.5 Å². The fourth-order valence-electron chi connectivity index (χ4n) is 4.94. The van der Waals surface area contributed by atoms with Crippen LogP contribution in [0.3, 0.4) is 0 Å². The third kappa shape index (κ3) is 5.41. The molecule has 1 fully saturated rings. The van der Waals surface area contributed by atoms with E-state index in [0.29, 0.717) is 5.56 Å². The molecule has 0 bridgehead atoms. The first-order valence-corrected chi connectivity index (χ1v) is 13.3. The highest BCUT2D eigenvalue weighted by Gasteiger charge is 2.19. The maximum atomic E-state index is 13.4. The zero-order valence-corrected chi connectivity index (χ0v) is 23.2. The lowest BCUT2D eigenvalue weighted by molar-refractivity contribution is 0.102. The topological polar surface area (TPSA) is 80.9 Å². The van der Waals surface area contributed by atoms with E-state index in [9.17, 15) is 4.79 Å². The fourth-order valence-corrected chi connectivity index (χ4v) is 4.94. The van der Waals surface area contributed by atoms with Crippen molar-refractivity contribution >= 4 is 11.6 Å². The minimum Gasteiger partial charge on any atom is -0.322 e. The average molecular weight is 512 g/mol. The van der Waals surface area contributed by atoms with Gasteiger partial charge in [0.25, 0.3) is 5.91 Å². The fraction of sp³-hybridized carbons (Fsp3) is 0.400. The van der Waals surface area contributed by atoms with E-state index >= 15 is 0 Å². The average Bonchev–Trinajstić information content (AvgIpc) is 3.62. The van der Waals surface area contributed by atoms with Gasteiger partial charge in [0.15, 0.2) is 0 Å². The molecular formula is C30H37N7O. The molecule has 3 heterocycles. The molecule has 0 unspecified atom stereocenters. The van der Waals surface area contributed by atoms with Crippen LogP contribution in [-0.2, 0) is 19.0 Å². The quantitative estimate of drug-likeness (QED) is 0.373. The lowest BCUT2D eigenvalue weighted by atomic mass is 9.85. The van der Waals surface area contributed by atoms with Crippen LogP contribution in [0.1, 0.15) is 66.4 Å². The number of hydrogen-bond acceptors (Lipinski definition) is 5. The molecule has 1 aliphatic heterocycles. The van der Waals surface area contributed by atoms with E-state index < -0.39 is 0 Å². The normalized spacial score (nSPS) is 14.3. The van der Waals surface area contributed by atoms with Crippen LogP contribution < -0.4 is 5.32 Å². The number of carbonyl (C=O) groups is 1. The Morgan fingerprint density at radius 3 is 2.50 bits per heavy atom. The zero-order chi connectivity index (χ0) is 27.0. The van der Waals surface area contributed by atoms with Gasteiger partial charge in [-0.05, 0) is 86.1 Å². The van der Waals surface area contributed by atoms with Crippen molar-refractivity contribution in [3.63, 3.8) is 0 Å². The summed E-state index contributed by atoms with van der Waals surface area (Å²) in [5, 5.41) is 16.2. The second-order valence-corrected chi connectivity index (χ2v) is 11.4. The van der Waals surface area contributed by atoms with Gasteiger partial charge in [-0.15, -0.1) is 5.10 Å². The molecule has 8 nitrogen and oxygen atoms in total. The lowest BCUT2D eigenvalue weighted by Gasteiger charge is -2.23. The van der Waals surface area contributed by atoms with Crippen LogP contribution in [0, 0.1) is 13.8 Å². The molecule has 1 N–H and O–H groups in total. The number of aryl methyl sites for hydroxylation is 2. The largest absolute Gasteiger partial charge is 0.322 e. The minimum atomic E-state index is -0.145. The van der Waals surface area contributed by atoms with Gasteiger partial charge in [0.05, 0.1) is 18.1 Å². The maximum absolute atomic E-state index is 13.4. The van der Waals surface area contributed by atoms with Crippen LogP contribution in [0.25, 0.3) is 16.9 Å². The van der Waals surface area contributed by atoms with Gasteiger partial charge < -0.3 is 5.32 Å². The van der Waals surface area contributed by atoms with Crippen molar-refractivity contribution in [1.82, 2.24) is 29.7 Å². The number of anilines is 1. The summed E-state index contributed by atoms with van der Waals surface area (Å²) in [6.07, 6.45) is 6.19. The Labute approximate surface area is 224 Å². The van der Waals surface area contributed by atoms with Gasteiger partial charge in [0, 0.05) is 36.1 Å². The van der Waals surface area contributed by atoms with E-state index in [1.807, 2.05) is 50.0 Å². The highest BCUT2D eigenvalue weighted by Crippen LogP contribution is 2.29. The van der Waals surface area contributed by atoms with Gasteiger partial charge in [0.2, 0.25) is 0 Å². The number of nitrogens with one attached hydrogen (secondary N) is 1. The van der Waals surface area contributed by atoms with Crippen molar-refractivity contribution in [2.75, 3.05) is 18.4 Å². The number of amides is 1. The SMILES string of the molecule is Cc1ccc(C(=O)Nc2cc(CN3CCCC3)cc(C(C)(C)C)c2)cc1-n1cc(-c2cnn(C)c2C)nn1. The number of likely N-dealkylation sites (tertiary alicyclic amines) is 1. The summed E-state index contributed by atoms with van der Waals surface area (Å²) < 4.78 is 3.54. The Morgan fingerprint density at radius 2 is 1.82 bits per heavy atom. The van der Waals surface area contributed by atoms with E-state index in [2.05, 4.69) is 64.6 Å². The Balaban J connectivity index is 1.41. The predicted molar refractivity (Wildman–Crippen MR) is 151 cm³/mol. The number of hydrogen-bond donors (Lipinski definition) is 1. The number of nitrogens with zero attached hydrogens (tertiary/aromatic N) is 6. The molecule has 0 aliphatic carbocycles. The second kappa shape index (κ2) is 10.2. The predicted octanol–water partition coefficient (Wildman–Crippen LogP) is 5.43. The van der Waals surface area contributed by atoms with Crippen molar-refractivity contribution in [2.45, 2.75) is 59.4 Å². The van der Waals surface area contributed by atoms with Gasteiger partial charge in [-0.2, -0.15) is 5.10 Å². The molecule has 8 heteroatoms. The summed E-state index contributed by atoms with van der Waals surface area (Å²) in [7, 11) is 1.90. The Hall–Kier alpha value is -3.78. The highest BCUT2D eigenvalue weighted by atomic mass is 16.1. The summed E-state index contributed by atoms with van der Waals surface area (Å²) in [6.45, 7) is 13.8. The van der Waals surface area contributed by atoms with Crippen molar-refractivity contribution < 1.29 is 4.79 Å². The van der Waals surface area contributed by atoms with Gasteiger partial charge in [-0.1, -0.05) is 38.1 Å². The Bertz CT molecular complexity index is 1470. The van der Waals surface area contributed by atoms with Crippen molar-refractivity contribution in [3.8, 4) is 16.9 Å². The molecule has 4 aromatic rings. The van der Waals surface area contributed by atoms with Gasteiger partial charge >= 0.3 is 0 Å². The van der Waals surface area contributed by atoms with E-state index in [4.69, 9.17) is 0 Å². The summed E-state index contributed by atoms with van der Waals surface area (Å²) in [5.41, 5.74) is 8.35. The van der Waals surface area contributed by atoms with Crippen molar-refractivity contribution in [2.24, 2.45) is 7.05 Å². The van der Waals surface area contributed by atoms with Crippen LogP contribution in [0.5, 0.6) is 0 Å². The third-order valence-electron chi connectivity index (χ3n) is 7.44. The molecule has 198 valence electrons. The lowest BCUT2D eigenvalue weighted by Crippen LogP contribution is -2.20. The summed E-state index contributed by atoms with van der Waals surface area (Å²) >= 11 is 0. The van der Waals surface area contributed by atoms with Gasteiger partial charge in [0.1, 0.15) is 5.69 Å². The molecule has 2 aromatic heterocycles. The van der Waals surface area contributed by atoms with Gasteiger partial charge in [-0.25, -0.2) is 4.68 Å². The molecule has 1 saturated heterocycles. The smallest absolute Gasteiger partial charge is 0.255 e. The third-order valence-corrected chi connectivity index (χ3v) is 7.44. The number of carbonyl (C=O) groups excluding carboxylic acids is 1. The second-order valence-electron chi connectivity index (χ2n) is 11.4. The number of rotatable bonds is 6. The first-order valence-electron chi connectivity index (χ1n) is 13.3. The molecule has 0 saturated carbocycles. The van der Waals surface area contributed by atoms with Crippen molar-refractivity contribution in [3.05, 3.63) is 76.7 Å². The Morgan fingerprint density at radius 1 is 1.05 bits per heavy atom. The molecule has 1 aliphatic rings. The van der Waals surface area contributed by atoms with E-state index in [1.165, 1.54) is 24.0 Å². The zero-order valence-electron chi connectivity index (χ0n) is 23.2. The summed E-state index contributed by atoms with van der Waals surface area (Å²) in [6, 6.07) is 12.2. The molecule has 0 radical (unpaired) electrons. The molecule has 0 atom stereocenters. The van der Waals surface area contributed by atoms with Crippen LogP contribution >= 0.6 is 0 Å². The maximum Gasteiger partial charge on any atom is 0.255 e.